The Morgan fingerprint density at radius 3 is 2.95 bits per heavy atom. The topological polar surface area (TPSA) is 35.6 Å². The summed E-state index contributed by atoms with van der Waals surface area (Å²) in [5.41, 5.74) is 0.735. The molecule has 0 aromatic heterocycles. The van der Waals surface area contributed by atoms with Crippen LogP contribution in [0, 0.1) is 3.57 Å². The standard InChI is InChI=1S/C14H20IN3O/c1-17-6-7-18(2)13(10-17)9-16-14(19)11-4-3-5-12(15)8-11/h3-5,8,13H,6-7,9-10H2,1-2H3,(H,16,19). The molecule has 1 saturated heterocycles. The quantitative estimate of drug-likeness (QED) is 0.811. The molecule has 1 aliphatic heterocycles. The van der Waals surface area contributed by atoms with Gasteiger partial charge in [0.05, 0.1) is 0 Å². The molecule has 1 unspecified atom stereocenters. The molecule has 1 aromatic carbocycles. The second kappa shape index (κ2) is 6.67. The second-order valence-electron chi connectivity index (χ2n) is 5.12. The molecule has 0 radical (unpaired) electrons. The number of amides is 1. The van der Waals surface area contributed by atoms with Crippen molar-refractivity contribution in [3.05, 3.63) is 33.4 Å². The Balaban J connectivity index is 1.89. The number of carbonyl (C=O) groups is 1. The van der Waals surface area contributed by atoms with Gasteiger partial charge in [0, 0.05) is 41.4 Å². The average Bonchev–Trinajstić information content (AvgIpc) is 2.39. The van der Waals surface area contributed by atoms with E-state index in [0.717, 1.165) is 28.8 Å². The van der Waals surface area contributed by atoms with E-state index in [-0.39, 0.29) is 5.91 Å². The highest BCUT2D eigenvalue weighted by atomic mass is 127. The highest BCUT2D eigenvalue weighted by Crippen LogP contribution is 2.08. The Morgan fingerprint density at radius 2 is 2.21 bits per heavy atom. The first-order valence-electron chi connectivity index (χ1n) is 6.49. The summed E-state index contributed by atoms with van der Waals surface area (Å²) in [6.07, 6.45) is 0. The average molecular weight is 373 g/mol. The van der Waals surface area contributed by atoms with Gasteiger partial charge in [-0.1, -0.05) is 6.07 Å². The molecule has 104 valence electrons. The van der Waals surface area contributed by atoms with E-state index in [2.05, 4.69) is 51.8 Å². The van der Waals surface area contributed by atoms with E-state index in [0.29, 0.717) is 12.6 Å². The van der Waals surface area contributed by atoms with E-state index in [9.17, 15) is 4.79 Å². The van der Waals surface area contributed by atoms with Gasteiger partial charge < -0.3 is 10.2 Å². The third-order valence-electron chi connectivity index (χ3n) is 3.57. The fraction of sp³-hybridized carbons (Fsp3) is 0.500. The normalized spacial score (nSPS) is 21.3. The van der Waals surface area contributed by atoms with E-state index in [1.807, 2.05) is 24.3 Å². The minimum absolute atomic E-state index is 0.0140. The monoisotopic (exact) mass is 373 g/mol. The summed E-state index contributed by atoms with van der Waals surface area (Å²) in [5.74, 6) is 0.0140. The Hall–Kier alpha value is -0.660. The molecule has 0 aliphatic carbocycles. The molecule has 1 heterocycles. The lowest BCUT2D eigenvalue weighted by Gasteiger charge is -2.37. The van der Waals surface area contributed by atoms with Crippen LogP contribution in [0.15, 0.2) is 24.3 Å². The predicted octanol–water partition coefficient (Wildman–Crippen LogP) is 1.27. The Labute approximate surface area is 128 Å². The van der Waals surface area contributed by atoms with Gasteiger partial charge in [0.25, 0.3) is 5.91 Å². The molecule has 1 amide bonds. The smallest absolute Gasteiger partial charge is 0.251 e. The highest BCUT2D eigenvalue weighted by molar-refractivity contribution is 14.1. The summed E-state index contributed by atoms with van der Waals surface area (Å²) >= 11 is 2.22. The molecule has 5 heteroatoms. The molecule has 1 atom stereocenters. The maximum absolute atomic E-state index is 12.1. The van der Waals surface area contributed by atoms with Crippen molar-refractivity contribution in [2.75, 3.05) is 40.3 Å². The van der Waals surface area contributed by atoms with Crippen molar-refractivity contribution in [2.45, 2.75) is 6.04 Å². The fourth-order valence-electron chi connectivity index (χ4n) is 2.26. The molecule has 1 fully saturated rings. The van der Waals surface area contributed by atoms with Crippen molar-refractivity contribution in [3.8, 4) is 0 Å². The third kappa shape index (κ3) is 4.15. The van der Waals surface area contributed by atoms with E-state index in [1.165, 1.54) is 0 Å². The van der Waals surface area contributed by atoms with E-state index in [4.69, 9.17) is 0 Å². The highest BCUT2D eigenvalue weighted by Gasteiger charge is 2.22. The Bertz CT molecular complexity index is 452. The molecule has 0 bridgehead atoms. The molecule has 19 heavy (non-hydrogen) atoms. The number of likely N-dealkylation sites (N-methyl/N-ethyl adjacent to an activating group) is 2. The minimum atomic E-state index is 0.0140. The van der Waals surface area contributed by atoms with Crippen LogP contribution in [-0.4, -0.2) is 62.0 Å². The number of rotatable bonds is 3. The van der Waals surface area contributed by atoms with Gasteiger partial charge in [-0.05, 0) is 54.9 Å². The lowest BCUT2D eigenvalue weighted by atomic mass is 10.1. The molecule has 0 saturated carbocycles. The van der Waals surface area contributed by atoms with Crippen LogP contribution in [-0.2, 0) is 0 Å². The number of carbonyl (C=O) groups excluding carboxylic acids is 1. The van der Waals surface area contributed by atoms with Crippen LogP contribution < -0.4 is 5.32 Å². The molecule has 1 aromatic rings. The van der Waals surface area contributed by atoms with Crippen LogP contribution >= 0.6 is 22.6 Å². The third-order valence-corrected chi connectivity index (χ3v) is 4.24. The van der Waals surface area contributed by atoms with Gasteiger partial charge in [0.2, 0.25) is 0 Å². The number of benzene rings is 1. The summed E-state index contributed by atoms with van der Waals surface area (Å²) in [6.45, 7) is 3.85. The SMILES string of the molecule is CN1CCN(C)C(CNC(=O)c2cccc(I)c2)C1. The summed E-state index contributed by atoms with van der Waals surface area (Å²) in [4.78, 5) is 16.7. The van der Waals surface area contributed by atoms with Crippen LogP contribution in [0.25, 0.3) is 0 Å². The van der Waals surface area contributed by atoms with Crippen molar-refractivity contribution in [3.63, 3.8) is 0 Å². The molecular formula is C14H20IN3O. The maximum atomic E-state index is 12.1. The number of hydrogen-bond donors (Lipinski definition) is 1. The van der Waals surface area contributed by atoms with E-state index in [1.54, 1.807) is 0 Å². The summed E-state index contributed by atoms with van der Waals surface area (Å²) < 4.78 is 1.08. The van der Waals surface area contributed by atoms with Crippen LogP contribution in [0.3, 0.4) is 0 Å². The summed E-state index contributed by atoms with van der Waals surface area (Å²) in [6, 6.07) is 8.06. The van der Waals surface area contributed by atoms with Gasteiger partial charge in [-0.15, -0.1) is 0 Å². The van der Waals surface area contributed by atoms with Crippen LogP contribution in [0.1, 0.15) is 10.4 Å². The fourth-order valence-corrected chi connectivity index (χ4v) is 2.81. The van der Waals surface area contributed by atoms with Crippen molar-refractivity contribution in [2.24, 2.45) is 0 Å². The molecular weight excluding hydrogens is 353 g/mol. The molecule has 0 spiro atoms. The zero-order valence-electron chi connectivity index (χ0n) is 11.4. The second-order valence-corrected chi connectivity index (χ2v) is 6.36. The number of piperazine rings is 1. The van der Waals surface area contributed by atoms with Gasteiger partial charge in [-0.25, -0.2) is 0 Å². The van der Waals surface area contributed by atoms with Crippen molar-refractivity contribution in [1.82, 2.24) is 15.1 Å². The zero-order valence-corrected chi connectivity index (χ0v) is 13.6. The lowest BCUT2D eigenvalue weighted by Crippen LogP contribution is -2.54. The van der Waals surface area contributed by atoms with Gasteiger partial charge in [0.1, 0.15) is 0 Å². The van der Waals surface area contributed by atoms with Crippen LogP contribution in [0.5, 0.6) is 0 Å². The van der Waals surface area contributed by atoms with Crippen molar-refractivity contribution >= 4 is 28.5 Å². The van der Waals surface area contributed by atoms with Gasteiger partial charge in [-0.3, -0.25) is 9.69 Å². The Morgan fingerprint density at radius 1 is 1.42 bits per heavy atom. The van der Waals surface area contributed by atoms with Crippen molar-refractivity contribution < 1.29 is 4.79 Å². The molecule has 1 N–H and O–H groups in total. The number of nitrogens with one attached hydrogen (secondary N) is 1. The van der Waals surface area contributed by atoms with Gasteiger partial charge in [0.15, 0.2) is 0 Å². The van der Waals surface area contributed by atoms with Crippen LogP contribution in [0.4, 0.5) is 0 Å². The first-order chi connectivity index (χ1) is 9.06. The number of halogens is 1. The maximum Gasteiger partial charge on any atom is 0.251 e. The number of hydrogen-bond acceptors (Lipinski definition) is 3. The van der Waals surface area contributed by atoms with Crippen LogP contribution in [0.2, 0.25) is 0 Å². The van der Waals surface area contributed by atoms with E-state index < -0.39 is 0 Å². The van der Waals surface area contributed by atoms with E-state index >= 15 is 0 Å². The number of nitrogens with zero attached hydrogens (tertiary/aromatic N) is 2. The Kier molecular flexibility index (Phi) is 5.18. The molecule has 2 rings (SSSR count). The first-order valence-corrected chi connectivity index (χ1v) is 7.56. The molecule has 4 nitrogen and oxygen atoms in total. The minimum Gasteiger partial charge on any atom is -0.350 e. The molecule has 1 aliphatic rings. The predicted molar refractivity (Wildman–Crippen MR) is 85.4 cm³/mol. The van der Waals surface area contributed by atoms with Gasteiger partial charge in [-0.2, -0.15) is 0 Å². The largest absolute Gasteiger partial charge is 0.350 e. The lowest BCUT2D eigenvalue weighted by molar-refractivity contribution is 0.0881. The summed E-state index contributed by atoms with van der Waals surface area (Å²) in [5, 5.41) is 3.04. The van der Waals surface area contributed by atoms with Crippen molar-refractivity contribution in [1.29, 1.82) is 0 Å². The summed E-state index contributed by atoms with van der Waals surface area (Å²) in [7, 11) is 4.25. The zero-order chi connectivity index (χ0) is 13.8. The first kappa shape index (κ1) is 14.7. The van der Waals surface area contributed by atoms with Gasteiger partial charge >= 0.3 is 0 Å².